The molecule has 0 heterocycles. The maximum atomic E-state index is 15.4. The van der Waals surface area contributed by atoms with Crippen molar-refractivity contribution in [3.63, 3.8) is 0 Å². The van der Waals surface area contributed by atoms with Crippen molar-refractivity contribution in [1.29, 1.82) is 0 Å². The van der Waals surface area contributed by atoms with Crippen LogP contribution in [0.15, 0.2) is 66.7 Å². The van der Waals surface area contributed by atoms with Crippen LogP contribution in [-0.2, 0) is 6.42 Å². The van der Waals surface area contributed by atoms with Crippen LogP contribution in [0, 0.1) is 35.2 Å². The van der Waals surface area contributed by atoms with Gasteiger partial charge in [0.05, 0.1) is 0 Å². The molecule has 0 unspecified atom stereocenters. The number of unbranched alkanes of at least 4 members (excludes halogenated alkanes) is 7. The number of hydrogen-bond donors (Lipinski definition) is 0. The lowest BCUT2D eigenvalue weighted by molar-refractivity contribution is 0.171. The Bertz CT molecular complexity index is 1390. The Balaban J connectivity index is 1.14. The maximum absolute atomic E-state index is 15.4. The van der Waals surface area contributed by atoms with E-state index in [0.29, 0.717) is 29.0 Å². The van der Waals surface area contributed by atoms with Crippen LogP contribution in [0.4, 0.5) is 13.2 Å². The number of aryl methyl sites for hydroxylation is 1. The second kappa shape index (κ2) is 17.4. The molecule has 0 spiro atoms. The summed E-state index contributed by atoms with van der Waals surface area (Å²) in [6.07, 6.45) is 24.7. The zero-order chi connectivity index (χ0) is 32.3. The van der Waals surface area contributed by atoms with Gasteiger partial charge >= 0.3 is 0 Å². The molecule has 0 nitrogen and oxygen atoms in total. The van der Waals surface area contributed by atoms with Crippen molar-refractivity contribution in [1.82, 2.24) is 0 Å². The van der Waals surface area contributed by atoms with Crippen LogP contribution in [0.3, 0.4) is 0 Å². The van der Waals surface area contributed by atoms with Gasteiger partial charge in [0.1, 0.15) is 5.82 Å². The normalized spacial score (nSPS) is 22.0. The first-order chi connectivity index (χ1) is 22.5. The molecule has 0 bridgehead atoms. The highest BCUT2D eigenvalue weighted by atomic mass is 19.2. The molecule has 0 aliphatic heterocycles. The van der Waals surface area contributed by atoms with Crippen molar-refractivity contribution in [2.45, 2.75) is 129 Å². The minimum absolute atomic E-state index is 0.211. The number of hydrogen-bond acceptors (Lipinski definition) is 0. The van der Waals surface area contributed by atoms with Gasteiger partial charge in [0, 0.05) is 11.1 Å². The van der Waals surface area contributed by atoms with Crippen molar-refractivity contribution < 1.29 is 13.2 Å². The van der Waals surface area contributed by atoms with Crippen LogP contribution in [-0.4, -0.2) is 0 Å². The maximum Gasteiger partial charge on any atom is 0.166 e. The Morgan fingerprint density at radius 3 is 1.78 bits per heavy atom. The summed E-state index contributed by atoms with van der Waals surface area (Å²) in [5.74, 6) is 1.16. The number of benzene rings is 3. The van der Waals surface area contributed by atoms with Gasteiger partial charge in [0.25, 0.3) is 0 Å². The molecular formula is C43H55F3. The van der Waals surface area contributed by atoms with Crippen LogP contribution in [0.5, 0.6) is 0 Å². The van der Waals surface area contributed by atoms with Crippen molar-refractivity contribution in [2.75, 3.05) is 0 Å². The lowest BCUT2D eigenvalue weighted by Gasteiger charge is -2.37. The Kier molecular flexibility index (Phi) is 13.0. The van der Waals surface area contributed by atoms with Crippen LogP contribution in [0.25, 0.3) is 22.3 Å². The fourth-order valence-electron chi connectivity index (χ4n) is 8.31. The van der Waals surface area contributed by atoms with Crippen LogP contribution < -0.4 is 0 Å². The standard InChI is InChI=1S/C43H55F3/c1-3-5-6-7-8-9-10-11-13-37-26-29-40(43(46)42(37)45)36-24-22-35(23-25-36)39-28-27-38(30-41(39)44)34-20-18-33(19-21-34)32-16-14-31(12-4-2)15-17-32/h4,12,22-34H,3,5-11,13-21H2,1-2H3. The van der Waals surface area contributed by atoms with E-state index in [1.54, 1.807) is 30.3 Å². The molecule has 0 radical (unpaired) electrons. The van der Waals surface area contributed by atoms with E-state index in [1.165, 1.54) is 70.6 Å². The van der Waals surface area contributed by atoms with Crippen molar-refractivity contribution >= 4 is 0 Å². The van der Waals surface area contributed by atoms with Gasteiger partial charge in [0.2, 0.25) is 0 Å². The summed E-state index contributed by atoms with van der Waals surface area (Å²) in [4.78, 5) is 0. The second-order valence-corrected chi connectivity index (χ2v) is 14.3. The number of halogens is 3. The minimum atomic E-state index is -0.795. The average molecular weight is 629 g/mol. The lowest BCUT2D eigenvalue weighted by Crippen LogP contribution is -2.25. The molecule has 2 aliphatic rings. The molecule has 5 rings (SSSR count). The first kappa shape index (κ1) is 34.5. The third kappa shape index (κ3) is 8.96. The number of rotatable bonds is 14. The van der Waals surface area contributed by atoms with E-state index in [4.69, 9.17) is 0 Å². The third-order valence-corrected chi connectivity index (χ3v) is 11.2. The smallest absolute Gasteiger partial charge is 0.166 e. The quantitative estimate of drug-likeness (QED) is 0.123. The molecular weight excluding hydrogens is 573 g/mol. The summed E-state index contributed by atoms with van der Waals surface area (Å²) in [5, 5.41) is 0. The second-order valence-electron chi connectivity index (χ2n) is 14.3. The minimum Gasteiger partial charge on any atom is -0.206 e. The molecule has 2 saturated carbocycles. The van der Waals surface area contributed by atoms with E-state index < -0.39 is 11.6 Å². The highest BCUT2D eigenvalue weighted by Crippen LogP contribution is 2.44. The van der Waals surface area contributed by atoms with E-state index in [-0.39, 0.29) is 11.4 Å². The molecule has 2 fully saturated rings. The molecule has 0 aromatic heterocycles. The summed E-state index contributed by atoms with van der Waals surface area (Å²) < 4.78 is 45.6. The molecule has 0 atom stereocenters. The summed E-state index contributed by atoms with van der Waals surface area (Å²) in [6, 6.07) is 16.3. The van der Waals surface area contributed by atoms with Gasteiger partial charge in [-0.2, -0.15) is 0 Å². The van der Waals surface area contributed by atoms with Gasteiger partial charge < -0.3 is 0 Å². The highest BCUT2D eigenvalue weighted by molar-refractivity contribution is 5.71. The fraction of sp³-hybridized carbons (Fsp3) is 0.535. The highest BCUT2D eigenvalue weighted by Gasteiger charge is 2.31. The Morgan fingerprint density at radius 2 is 1.17 bits per heavy atom. The van der Waals surface area contributed by atoms with E-state index in [9.17, 15) is 4.39 Å². The summed E-state index contributed by atoms with van der Waals surface area (Å²) in [5.41, 5.74) is 3.71. The summed E-state index contributed by atoms with van der Waals surface area (Å²) >= 11 is 0. The lowest BCUT2D eigenvalue weighted by atomic mass is 9.68. The summed E-state index contributed by atoms with van der Waals surface area (Å²) in [6.45, 7) is 4.35. The average Bonchev–Trinajstić information content (AvgIpc) is 3.08. The SMILES string of the molecule is CC=CC1CCC(C2CCC(c3ccc(-c4ccc(-c5ccc(CCCCCCCCCC)c(F)c5F)cc4)c(F)c3)CC2)CC1. The topological polar surface area (TPSA) is 0 Å². The fourth-order valence-corrected chi connectivity index (χ4v) is 8.31. The monoisotopic (exact) mass is 628 g/mol. The Labute approximate surface area is 276 Å². The zero-order valence-corrected chi connectivity index (χ0v) is 28.3. The van der Waals surface area contributed by atoms with Crippen LogP contribution in [0.2, 0.25) is 0 Å². The van der Waals surface area contributed by atoms with Gasteiger partial charge in [-0.15, -0.1) is 0 Å². The predicted octanol–water partition coefficient (Wildman–Crippen LogP) is 13.8. The first-order valence-corrected chi connectivity index (χ1v) is 18.5. The van der Waals surface area contributed by atoms with E-state index in [0.717, 1.165) is 61.0 Å². The van der Waals surface area contributed by atoms with Crippen molar-refractivity contribution in [2.24, 2.45) is 17.8 Å². The van der Waals surface area contributed by atoms with Crippen LogP contribution >= 0.6 is 0 Å². The predicted molar refractivity (Wildman–Crippen MR) is 188 cm³/mol. The largest absolute Gasteiger partial charge is 0.206 e. The molecule has 3 heteroatoms. The molecule has 2 aliphatic carbocycles. The Morgan fingerprint density at radius 1 is 0.609 bits per heavy atom. The molecule has 0 N–H and O–H groups in total. The molecule has 46 heavy (non-hydrogen) atoms. The van der Waals surface area contributed by atoms with Crippen LogP contribution in [0.1, 0.15) is 134 Å². The van der Waals surface area contributed by atoms with Gasteiger partial charge in [-0.25, -0.2) is 13.2 Å². The van der Waals surface area contributed by atoms with E-state index >= 15 is 8.78 Å². The Hall–Kier alpha value is -2.81. The van der Waals surface area contributed by atoms with Gasteiger partial charge in [-0.3, -0.25) is 0 Å². The summed E-state index contributed by atoms with van der Waals surface area (Å²) in [7, 11) is 0. The van der Waals surface area contributed by atoms with E-state index in [2.05, 4.69) is 32.1 Å². The van der Waals surface area contributed by atoms with Gasteiger partial charge in [-0.05, 0) is 123 Å². The molecule has 3 aromatic rings. The molecule has 248 valence electrons. The van der Waals surface area contributed by atoms with Crippen molar-refractivity contribution in [3.05, 3.63) is 95.3 Å². The molecule has 0 saturated heterocycles. The van der Waals surface area contributed by atoms with Gasteiger partial charge in [0.15, 0.2) is 11.6 Å². The first-order valence-electron chi connectivity index (χ1n) is 18.5. The van der Waals surface area contributed by atoms with Crippen molar-refractivity contribution in [3.8, 4) is 22.3 Å². The molecule has 0 amide bonds. The zero-order valence-electron chi connectivity index (χ0n) is 28.3. The number of allylic oxidation sites excluding steroid dienone is 2. The third-order valence-electron chi connectivity index (χ3n) is 11.2. The van der Waals surface area contributed by atoms with E-state index in [1.807, 2.05) is 18.2 Å². The molecule has 3 aromatic carbocycles. The van der Waals surface area contributed by atoms with Gasteiger partial charge in [-0.1, -0.05) is 113 Å².